The Morgan fingerprint density at radius 2 is 1.81 bits per heavy atom. The molecule has 0 aromatic heterocycles. The zero-order valence-electron chi connectivity index (χ0n) is 7.52. The van der Waals surface area contributed by atoms with Crippen molar-refractivity contribution >= 4 is 10.1 Å². The first-order valence-electron chi connectivity index (χ1n) is 3.78. The van der Waals surface area contributed by atoms with E-state index in [2.05, 4.69) is 4.18 Å². The van der Waals surface area contributed by atoms with Crippen LogP contribution in [0.15, 0.2) is 24.3 Å². The Hall–Kier alpha value is -1.75. The van der Waals surface area contributed by atoms with Gasteiger partial charge in [-0.2, -0.15) is 26.9 Å². The van der Waals surface area contributed by atoms with Crippen molar-refractivity contribution in [2.24, 2.45) is 0 Å². The summed E-state index contributed by atoms with van der Waals surface area (Å²) < 4.78 is 61.0. The Balaban J connectivity index is 3.13. The normalized spacial score (nSPS) is 11.9. The standard InChI is InChI=1S/C8H4F3NO3S/c9-8(10,11)16(13,14)15-7-4-2-1-3-6(7)5-12/h1-4H. The molecule has 1 rings (SSSR count). The summed E-state index contributed by atoms with van der Waals surface area (Å²) >= 11 is 0. The maximum atomic E-state index is 12.0. The molecule has 0 atom stereocenters. The maximum Gasteiger partial charge on any atom is 0.534 e. The molecule has 16 heavy (non-hydrogen) atoms. The SMILES string of the molecule is N#Cc1ccccc1OS(=O)(=O)C(F)(F)F. The van der Waals surface area contributed by atoms with Crippen molar-refractivity contribution in [2.75, 3.05) is 0 Å². The molecule has 0 amide bonds. The smallest absolute Gasteiger partial charge is 0.375 e. The van der Waals surface area contributed by atoms with E-state index in [0.29, 0.717) is 0 Å². The topological polar surface area (TPSA) is 67.2 Å². The van der Waals surface area contributed by atoms with E-state index >= 15 is 0 Å². The molecule has 4 nitrogen and oxygen atoms in total. The lowest BCUT2D eigenvalue weighted by Gasteiger charge is -2.09. The van der Waals surface area contributed by atoms with Gasteiger partial charge in [0.1, 0.15) is 6.07 Å². The number of nitriles is 1. The van der Waals surface area contributed by atoms with Gasteiger partial charge in [0, 0.05) is 0 Å². The molecular weight excluding hydrogens is 247 g/mol. The molecule has 86 valence electrons. The highest BCUT2D eigenvalue weighted by atomic mass is 32.2. The average Bonchev–Trinajstić information content (AvgIpc) is 2.16. The van der Waals surface area contributed by atoms with Crippen LogP contribution in [0.2, 0.25) is 0 Å². The highest BCUT2D eigenvalue weighted by Crippen LogP contribution is 2.28. The first kappa shape index (κ1) is 12.3. The van der Waals surface area contributed by atoms with E-state index in [0.717, 1.165) is 12.1 Å². The van der Waals surface area contributed by atoms with Gasteiger partial charge in [-0.15, -0.1) is 0 Å². The molecule has 1 aromatic rings. The number of nitrogens with zero attached hydrogens (tertiary/aromatic N) is 1. The van der Waals surface area contributed by atoms with Crippen LogP contribution in [-0.4, -0.2) is 13.9 Å². The quantitative estimate of drug-likeness (QED) is 0.593. The second kappa shape index (κ2) is 4.02. The van der Waals surface area contributed by atoms with Gasteiger partial charge in [-0.05, 0) is 12.1 Å². The van der Waals surface area contributed by atoms with Gasteiger partial charge in [0.2, 0.25) is 0 Å². The van der Waals surface area contributed by atoms with Crippen LogP contribution in [0.3, 0.4) is 0 Å². The van der Waals surface area contributed by atoms with Crippen LogP contribution in [0.25, 0.3) is 0 Å². The molecule has 0 spiro atoms. The number of benzene rings is 1. The first-order chi connectivity index (χ1) is 7.28. The van der Waals surface area contributed by atoms with Crippen molar-refractivity contribution in [2.45, 2.75) is 5.51 Å². The van der Waals surface area contributed by atoms with Gasteiger partial charge in [0.25, 0.3) is 0 Å². The predicted molar refractivity (Wildman–Crippen MR) is 46.8 cm³/mol. The number of halogens is 3. The minimum atomic E-state index is -5.73. The van der Waals surface area contributed by atoms with Gasteiger partial charge in [0.15, 0.2) is 5.75 Å². The Morgan fingerprint density at radius 1 is 1.25 bits per heavy atom. The fourth-order valence-electron chi connectivity index (χ4n) is 0.797. The summed E-state index contributed by atoms with van der Waals surface area (Å²) in [7, 11) is -5.73. The molecule has 0 aliphatic rings. The lowest BCUT2D eigenvalue weighted by Crippen LogP contribution is -2.28. The lowest BCUT2D eigenvalue weighted by molar-refractivity contribution is -0.0500. The van der Waals surface area contributed by atoms with Gasteiger partial charge in [-0.3, -0.25) is 0 Å². The number of hydrogen-bond donors (Lipinski definition) is 0. The van der Waals surface area contributed by atoms with E-state index < -0.39 is 21.4 Å². The summed E-state index contributed by atoms with van der Waals surface area (Å²) in [6.07, 6.45) is 0. The molecule has 0 radical (unpaired) electrons. The van der Waals surface area contributed by atoms with E-state index in [9.17, 15) is 21.6 Å². The summed E-state index contributed by atoms with van der Waals surface area (Å²) in [6, 6.07) is 6.23. The Labute approximate surface area is 89.0 Å². The number of para-hydroxylation sites is 1. The van der Waals surface area contributed by atoms with Crippen LogP contribution < -0.4 is 4.18 Å². The van der Waals surface area contributed by atoms with Crippen molar-refractivity contribution in [3.63, 3.8) is 0 Å². The first-order valence-corrected chi connectivity index (χ1v) is 5.18. The summed E-state index contributed by atoms with van der Waals surface area (Å²) in [5.74, 6) is -0.651. The van der Waals surface area contributed by atoms with Gasteiger partial charge in [-0.1, -0.05) is 12.1 Å². The molecule has 0 fully saturated rings. The third-order valence-electron chi connectivity index (χ3n) is 1.49. The molecule has 0 bridgehead atoms. The highest BCUT2D eigenvalue weighted by Gasteiger charge is 2.48. The van der Waals surface area contributed by atoms with Crippen molar-refractivity contribution in [1.82, 2.24) is 0 Å². The molecule has 0 aliphatic heterocycles. The van der Waals surface area contributed by atoms with Crippen LogP contribution in [-0.2, 0) is 10.1 Å². The third kappa shape index (κ3) is 2.43. The molecule has 0 aliphatic carbocycles. The molecule has 0 unspecified atom stereocenters. The zero-order chi connectivity index (χ0) is 12.4. The molecule has 1 aromatic carbocycles. The fourth-order valence-corrected chi connectivity index (χ4v) is 1.27. The predicted octanol–water partition coefficient (Wildman–Crippen LogP) is 1.79. The van der Waals surface area contributed by atoms with Gasteiger partial charge >= 0.3 is 15.6 Å². The summed E-state index contributed by atoms with van der Waals surface area (Å²) in [4.78, 5) is 0. The lowest BCUT2D eigenvalue weighted by atomic mass is 10.2. The minimum Gasteiger partial charge on any atom is -0.375 e. The third-order valence-corrected chi connectivity index (χ3v) is 2.46. The average molecular weight is 251 g/mol. The van der Waals surface area contributed by atoms with E-state index in [-0.39, 0.29) is 5.56 Å². The van der Waals surface area contributed by atoms with Crippen molar-refractivity contribution in [3.05, 3.63) is 29.8 Å². The van der Waals surface area contributed by atoms with Crippen molar-refractivity contribution in [1.29, 1.82) is 5.26 Å². The largest absolute Gasteiger partial charge is 0.534 e. The van der Waals surface area contributed by atoms with E-state index in [1.807, 2.05) is 0 Å². The van der Waals surface area contributed by atoms with Crippen LogP contribution in [0.1, 0.15) is 5.56 Å². The van der Waals surface area contributed by atoms with E-state index in [4.69, 9.17) is 5.26 Å². The summed E-state index contributed by atoms with van der Waals surface area (Å²) in [6.45, 7) is 0. The van der Waals surface area contributed by atoms with Gasteiger partial charge in [0.05, 0.1) is 5.56 Å². The molecule has 0 heterocycles. The maximum absolute atomic E-state index is 12.0. The van der Waals surface area contributed by atoms with E-state index in [1.54, 1.807) is 0 Å². The molecule has 0 saturated heterocycles. The fraction of sp³-hybridized carbons (Fsp3) is 0.125. The summed E-state index contributed by atoms with van der Waals surface area (Å²) in [5, 5.41) is 8.51. The van der Waals surface area contributed by atoms with Crippen LogP contribution in [0.4, 0.5) is 13.2 Å². The number of alkyl halides is 3. The summed E-state index contributed by atoms with van der Waals surface area (Å²) in [5.41, 5.74) is -5.81. The van der Waals surface area contributed by atoms with Crippen molar-refractivity contribution in [3.8, 4) is 11.8 Å². The zero-order valence-corrected chi connectivity index (χ0v) is 8.34. The molecule has 8 heteroatoms. The number of rotatable bonds is 2. The molecule has 0 N–H and O–H groups in total. The Morgan fingerprint density at radius 3 is 2.31 bits per heavy atom. The van der Waals surface area contributed by atoms with Gasteiger partial charge < -0.3 is 4.18 Å². The van der Waals surface area contributed by atoms with Crippen molar-refractivity contribution < 1.29 is 25.8 Å². The van der Waals surface area contributed by atoms with Crippen LogP contribution in [0.5, 0.6) is 5.75 Å². The van der Waals surface area contributed by atoms with Gasteiger partial charge in [-0.25, -0.2) is 0 Å². The highest BCUT2D eigenvalue weighted by molar-refractivity contribution is 7.88. The number of hydrogen-bond acceptors (Lipinski definition) is 4. The Kier molecular flexibility index (Phi) is 3.09. The second-order valence-corrected chi connectivity index (χ2v) is 4.13. The van der Waals surface area contributed by atoms with Crippen LogP contribution >= 0.6 is 0 Å². The Bertz CT molecular complexity index is 530. The molecular formula is C8H4F3NO3S. The molecule has 0 saturated carbocycles. The monoisotopic (exact) mass is 251 g/mol. The minimum absolute atomic E-state index is 0.296. The van der Waals surface area contributed by atoms with Crippen LogP contribution in [0, 0.1) is 11.3 Å². The second-order valence-electron chi connectivity index (χ2n) is 2.59. The van der Waals surface area contributed by atoms with E-state index in [1.165, 1.54) is 18.2 Å².